The topological polar surface area (TPSA) is 109 Å². The first-order chi connectivity index (χ1) is 19.5. The lowest BCUT2D eigenvalue weighted by atomic mass is 9.68. The molecule has 2 saturated carbocycles. The number of phenolic OH excluding ortho intramolecular Hbond substituents is 1. The van der Waals surface area contributed by atoms with Crippen LogP contribution in [0.2, 0.25) is 0 Å². The minimum absolute atomic E-state index is 0.163. The number of ether oxygens (including phenoxy) is 2. The number of nitrogens with one attached hydrogen (secondary N) is 1. The number of hydrogen-bond donors (Lipinski definition) is 2. The molecule has 41 heavy (non-hydrogen) atoms. The number of amides is 2. The Bertz CT molecular complexity index is 1640. The number of aromatic hydroxyl groups is 1. The van der Waals surface area contributed by atoms with Crippen molar-refractivity contribution >= 4 is 40.6 Å². The normalized spacial score (nSPS) is 29.9. The Morgan fingerprint density at radius 1 is 1.00 bits per heavy atom. The van der Waals surface area contributed by atoms with Crippen LogP contribution in [0, 0.1) is 29.6 Å². The van der Waals surface area contributed by atoms with Crippen molar-refractivity contribution in [2.24, 2.45) is 29.6 Å². The average Bonchev–Trinajstić information content (AvgIpc) is 3.67. The fourth-order valence-corrected chi connectivity index (χ4v) is 10.5. The molecule has 8 nitrogen and oxygen atoms in total. The lowest BCUT2D eigenvalue weighted by Gasteiger charge is -2.43. The Morgan fingerprint density at radius 2 is 1.63 bits per heavy atom. The standard InChI is InChI=1S/C28H23F3N2O6S2/c1-38-15-7-10(8-16(39-2)21(15)34)17-18-11-9-12(22(18)40-24-23(17)41-27(37)32-24)20-19(11)25(35)33(26(20)36)14-6-4-3-5-13(14)28(29,30)31/h3-8,11-12,17-20,22,34H,9H2,1-2H3,(H,32,37)/t11-,12-,17?,18?,19?,20?,22?/m1/s1. The van der Waals surface area contributed by atoms with Gasteiger partial charge in [-0.25, -0.2) is 4.90 Å². The molecule has 2 aromatic carbocycles. The molecule has 0 radical (unpaired) electrons. The van der Waals surface area contributed by atoms with E-state index in [0.29, 0.717) is 17.0 Å². The molecule has 5 unspecified atom stereocenters. The lowest BCUT2D eigenvalue weighted by Crippen LogP contribution is -2.42. The van der Waals surface area contributed by atoms with Gasteiger partial charge in [-0.3, -0.25) is 14.4 Å². The van der Waals surface area contributed by atoms with Crippen molar-refractivity contribution in [3.63, 3.8) is 0 Å². The number of phenols is 1. The number of methoxy groups -OCH3 is 2. The number of H-pyrrole nitrogens is 1. The van der Waals surface area contributed by atoms with Gasteiger partial charge in [0.05, 0.1) is 42.3 Å². The number of hydrogen-bond acceptors (Lipinski definition) is 8. The van der Waals surface area contributed by atoms with Crippen molar-refractivity contribution in [3.8, 4) is 17.2 Å². The van der Waals surface area contributed by atoms with Crippen LogP contribution >= 0.6 is 23.1 Å². The summed E-state index contributed by atoms with van der Waals surface area (Å²) in [5.74, 6) is -3.68. The highest BCUT2D eigenvalue weighted by atomic mass is 32.2. The fraction of sp³-hybridized carbons (Fsp3) is 0.393. The van der Waals surface area contributed by atoms with Gasteiger partial charge < -0.3 is 19.6 Å². The summed E-state index contributed by atoms with van der Waals surface area (Å²) >= 11 is 2.54. The van der Waals surface area contributed by atoms with Crippen molar-refractivity contribution in [3.05, 3.63) is 62.1 Å². The summed E-state index contributed by atoms with van der Waals surface area (Å²) in [7, 11) is 2.83. The molecule has 1 saturated heterocycles. The van der Waals surface area contributed by atoms with Crippen LogP contribution in [-0.4, -0.2) is 41.4 Å². The fourth-order valence-electron chi connectivity index (χ4n) is 7.63. The first-order valence-corrected chi connectivity index (χ1v) is 14.6. The van der Waals surface area contributed by atoms with Crippen LogP contribution in [0.1, 0.15) is 28.3 Å². The zero-order chi connectivity index (χ0) is 29.0. The first-order valence-electron chi connectivity index (χ1n) is 12.9. The number of anilines is 1. The first kappa shape index (κ1) is 26.4. The van der Waals surface area contributed by atoms with E-state index in [-0.39, 0.29) is 51.0 Å². The van der Waals surface area contributed by atoms with Crippen LogP contribution in [0.4, 0.5) is 18.9 Å². The zero-order valence-corrected chi connectivity index (χ0v) is 23.2. The number of thioether (sulfide) groups is 1. The summed E-state index contributed by atoms with van der Waals surface area (Å²) in [5.41, 5.74) is -0.752. The molecule has 2 aliphatic heterocycles. The number of aromatic amines is 1. The van der Waals surface area contributed by atoms with E-state index in [0.717, 1.165) is 27.2 Å². The number of halogens is 3. The number of carbonyl (C=O) groups is 2. The van der Waals surface area contributed by atoms with Gasteiger partial charge in [-0.1, -0.05) is 23.5 Å². The summed E-state index contributed by atoms with van der Waals surface area (Å²) in [4.78, 5) is 44.3. The number of fused-ring (bicyclic) bond motifs is 9. The molecule has 2 amide bonds. The molecule has 3 heterocycles. The third-order valence-corrected chi connectivity index (χ3v) is 11.6. The van der Waals surface area contributed by atoms with E-state index in [1.807, 2.05) is 0 Å². The molecule has 2 N–H and O–H groups in total. The lowest BCUT2D eigenvalue weighted by molar-refractivity contribution is -0.137. The molecular formula is C28H23F3N2O6S2. The number of thiazole rings is 1. The van der Waals surface area contributed by atoms with Crippen molar-refractivity contribution < 1.29 is 37.3 Å². The predicted molar refractivity (Wildman–Crippen MR) is 144 cm³/mol. The highest BCUT2D eigenvalue weighted by Gasteiger charge is 2.70. The van der Waals surface area contributed by atoms with Crippen LogP contribution in [0.15, 0.2) is 46.2 Å². The number of alkyl halides is 3. The van der Waals surface area contributed by atoms with Crippen LogP contribution in [0.5, 0.6) is 17.2 Å². The number of rotatable bonds is 4. The Labute approximate surface area is 239 Å². The molecule has 3 fully saturated rings. The monoisotopic (exact) mass is 604 g/mol. The molecule has 2 aliphatic carbocycles. The summed E-state index contributed by atoms with van der Waals surface area (Å²) < 4.78 is 52.4. The molecule has 1 aromatic heterocycles. The van der Waals surface area contributed by atoms with E-state index >= 15 is 0 Å². The van der Waals surface area contributed by atoms with Crippen molar-refractivity contribution in [1.82, 2.24) is 4.98 Å². The van der Waals surface area contributed by atoms with Crippen LogP contribution in [-0.2, 0) is 15.8 Å². The van der Waals surface area contributed by atoms with E-state index in [4.69, 9.17) is 9.47 Å². The average molecular weight is 605 g/mol. The molecule has 13 heteroatoms. The summed E-state index contributed by atoms with van der Waals surface area (Å²) in [6.45, 7) is 0. The highest BCUT2D eigenvalue weighted by Crippen LogP contribution is 2.69. The molecule has 7 atom stereocenters. The number of carbonyl (C=O) groups excluding carboxylic acids is 2. The summed E-state index contributed by atoms with van der Waals surface area (Å²) in [6, 6.07) is 8.03. The van der Waals surface area contributed by atoms with Gasteiger partial charge in [0.1, 0.15) is 0 Å². The van der Waals surface area contributed by atoms with E-state index in [1.54, 1.807) is 12.1 Å². The van der Waals surface area contributed by atoms with Gasteiger partial charge in [0.25, 0.3) is 0 Å². The van der Waals surface area contributed by atoms with E-state index in [2.05, 4.69) is 4.98 Å². The number of para-hydroxylation sites is 1. The number of imide groups is 1. The largest absolute Gasteiger partial charge is 0.502 e. The molecule has 0 spiro atoms. The van der Waals surface area contributed by atoms with Gasteiger partial charge in [-0.15, -0.1) is 11.8 Å². The Hall–Kier alpha value is -3.45. The molecule has 7 rings (SSSR count). The van der Waals surface area contributed by atoms with Crippen LogP contribution in [0.3, 0.4) is 0 Å². The maximum atomic E-state index is 13.9. The van der Waals surface area contributed by atoms with Gasteiger partial charge in [0.2, 0.25) is 17.6 Å². The Kier molecular flexibility index (Phi) is 5.82. The maximum Gasteiger partial charge on any atom is 0.418 e. The van der Waals surface area contributed by atoms with Crippen molar-refractivity contribution in [2.45, 2.75) is 28.8 Å². The minimum atomic E-state index is -4.74. The molecule has 4 aliphatic rings. The van der Waals surface area contributed by atoms with Crippen molar-refractivity contribution in [1.29, 1.82) is 0 Å². The molecule has 3 aromatic rings. The second kappa shape index (κ2) is 9.02. The molecule has 214 valence electrons. The summed E-state index contributed by atoms with van der Waals surface area (Å²) in [6.07, 6.45) is -4.16. The zero-order valence-electron chi connectivity index (χ0n) is 21.6. The molecular weight excluding hydrogens is 581 g/mol. The van der Waals surface area contributed by atoms with Gasteiger partial charge in [-0.2, -0.15) is 13.2 Å². The van der Waals surface area contributed by atoms with E-state index in [1.165, 1.54) is 44.2 Å². The van der Waals surface area contributed by atoms with Crippen molar-refractivity contribution in [2.75, 3.05) is 19.1 Å². The Morgan fingerprint density at radius 3 is 2.27 bits per heavy atom. The summed E-state index contributed by atoms with van der Waals surface area (Å²) in [5, 5.41) is 11.0. The van der Waals surface area contributed by atoms with Gasteiger partial charge in [0.15, 0.2) is 11.5 Å². The van der Waals surface area contributed by atoms with Gasteiger partial charge >= 0.3 is 11.0 Å². The number of benzene rings is 2. The van der Waals surface area contributed by atoms with E-state index < -0.39 is 41.1 Å². The number of aromatic nitrogens is 1. The second-order valence-electron chi connectivity index (χ2n) is 10.8. The minimum Gasteiger partial charge on any atom is -0.502 e. The van der Waals surface area contributed by atoms with Gasteiger partial charge in [-0.05, 0) is 54.0 Å². The number of nitrogens with zero attached hydrogens (tertiary/aromatic N) is 1. The smallest absolute Gasteiger partial charge is 0.418 e. The second-order valence-corrected chi connectivity index (χ2v) is 13.0. The predicted octanol–water partition coefficient (Wildman–Crippen LogP) is 4.86. The van der Waals surface area contributed by atoms with Crippen LogP contribution < -0.4 is 19.2 Å². The SMILES string of the molecule is COc1cc(C2c3sc(=O)[nH]c3SC3C2[C@H]2C[C@@H]3C3C(=O)N(c4ccccc4C(F)(F)F)C(=O)C32)cc(OC)c1O. The quantitative estimate of drug-likeness (QED) is 0.410. The van der Waals surface area contributed by atoms with Crippen LogP contribution in [0.25, 0.3) is 0 Å². The maximum absolute atomic E-state index is 13.9. The Balaban J connectivity index is 1.34. The van der Waals surface area contributed by atoms with E-state index in [9.17, 15) is 32.7 Å². The third kappa shape index (κ3) is 3.64. The molecule has 2 bridgehead atoms. The highest BCUT2D eigenvalue weighted by molar-refractivity contribution is 8.00. The van der Waals surface area contributed by atoms with Gasteiger partial charge in [0, 0.05) is 16.0 Å². The third-order valence-electron chi connectivity index (χ3n) is 9.04.